The Labute approximate surface area is 179 Å². The molecule has 9 heteroatoms. The third-order valence-electron chi connectivity index (χ3n) is 5.19. The van der Waals surface area contributed by atoms with Crippen LogP contribution in [0.3, 0.4) is 0 Å². The highest BCUT2D eigenvalue weighted by atomic mass is 35.5. The van der Waals surface area contributed by atoms with Crippen LogP contribution in [0.25, 0.3) is 0 Å². The number of nitrogens with one attached hydrogen (secondary N) is 1. The van der Waals surface area contributed by atoms with Crippen molar-refractivity contribution in [3.05, 3.63) is 49.6 Å². The first-order chi connectivity index (χ1) is 14.4. The van der Waals surface area contributed by atoms with E-state index in [0.29, 0.717) is 36.7 Å². The van der Waals surface area contributed by atoms with Gasteiger partial charge >= 0.3 is 5.69 Å². The van der Waals surface area contributed by atoms with E-state index in [2.05, 4.69) is 4.98 Å². The molecule has 0 saturated heterocycles. The maximum atomic E-state index is 13.4. The molecule has 1 aliphatic rings. The average Bonchev–Trinajstić information content (AvgIpc) is 3.12. The molecule has 1 aromatic carbocycles. The van der Waals surface area contributed by atoms with E-state index >= 15 is 0 Å². The van der Waals surface area contributed by atoms with Crippen LogP contribution in [-0.4, -0.2) is 28.1 Å². The number of hydrogen-bond donors (Lipinski definition) is 2. The van der Waals surface area contributed by atoms with Gasteiger partial charge < -0.3 is 15.4 Å². The lowest BCUT2D eigenvalue weighted by atomic mass is 10.1. The quantitative estimate of drug-likeness (QED) is 0.663. The number of ether oxygens (including phenoxy) is 1. The normalized spacial score (nSPS) is 15.0. The lowest BCUT2D eigenvalue weighted by Crippen LogP contribution is -2.46. The Hall–Kier alpha value is -2.74. The number of nitrogens with zero attached hydrogens (tertiary/aromatic N) is 2. The van der Waals surface area contributed by atoms with Gasteiger partial charge in [-0.15, -0.1) is 0 Å². The van der Waals surface area contributed by atoms with Gasteiger partial charge in [0.15, 0.2) is 11.8 Å². The van der Waals surface area contributed by atoms with Gasteiger partial charge in [0.05, 0.1) is 0 Å². The smallest absolute Gasteiger partial charge is 0.330 e. The molecule has 2 aromatic rings. The number of rotatable bonds is 8. The summed E-state index contributed by atoms with van der Waals surface area (Å²) in [6.45, 7) is 4.64. The van der Waals surface area contributed by atoms with Crippen LogP contribution < -0.4 is 26.6 Å². The predicted octanol–water partition coefficient (Wildman–Crippen LogP) is 2.71. The van der Waals surface area contributed by atoms with Crippen LogP contribution >= 0.6 is 11.6 Å². The SMILES string of the molecule is CCCCN(C(=O)C1Cc2cc(Cl)ccc2O1)c1c(N)n(CCCC)c(=O)[nH]c1=O. The Morgan fingerprint density at radius 3 is 2.73 bits per heavy atom. The van der Waals surface area contributed by atoms with Gasteiger partial charge in [-0.25, -0.2) is 4.79 Å². The van der Waals surface area contributed by atoms with E-state index in [1.165, 1.54) is 9.47 Å². The molecule has 1 aromatic heterocycles. The summed E-state index contributed by atoms with van der Waals surface area (Å²) < 4.78 is 7.15. The van der Waals surface area contributed by atoms with Crippen LogP contribution in [-0.2, 0) is 17.8 Å². The van der Waals surface area contributed by atoms with Crippen molar-refractivity contribution >= 4 is 29.0 Å². The second kappa shape index (κ2) is 9.38. The minimum absolute atomic E-state index is 0.000193. The summed E-state index contributed by atoms with van der Waals surface area (Å²) in [6, 6.07) is 5.20. The van der Waals surface area contributed by atoms with E-state index in [-0.39, 0.29) is 17.4 Å². The molecule has 3 rings (SSSR count). The van der Waals surface area contributed by atoms with E-state index < -0.39 is 17.4 Å². The van der Waals surface area contributed by atoms with Crippen LogP contribution in [0.1, 0.15) is 45.1 Å². The van der Waals surface area contributed by atoms with E-state index in [4.69, 9.17) is 22.1 Å². The second-order valence-electron chi connectivity index (χ2n) is 7.40. The number of amides is 1. The average molecular weight is 435 g/mol. The van der Waals surface area contributed by atoms with Crippen molar-refractivity contribution in [3.8, 4) is 5.75 Å². The van der Waals surface area contributed by atoms with E-state index in [1.807, 2.05) is 13.8 Å². The summed E-state index contributed by atoms with van der Waals surface area (Å²) in [5.74, 6) is 0.233. The number of carbonyl (C=O) groups excluding carboxylic acids is 1. The molecule has 1 amide bonds. The molecular weight excluding hydrogens is 408 g/mol. The summed E-state index contributed by atoms with van der Waals surface area (Å²) in [4.78, 5) is 42.0. The molecule has 0 bridgehead atoms. The number of H-pyrrole nitrogens is 1. The van der Waals surface area contributed by atoms with Crippen molar-refractivity contribution < 1.29 is 9.53 Å². The van der Waals surface area contributed by atoms with Gasteiger partial charge in [-0.3, -0.25) is 19.1 Å². The summed E-state index contributed by atoms with van der Waals surface area (Å²) in [6.07, 6.45) is 2.63. The van der Waals surface area contributed by atoms with Crippen LogP contribution in [0.15, 0.2) is 27.8 Å². The zero-order valence-electron chi connectivity index (χ0n) is 17.2. The molecule has 1 atom stereocenters. The van der Waals surface area contributed by atoms with Crippen molar-refractivity contribution in [3.63, 3.8) is 0 Å². The van der Waals surface area contributed by atoms with Crippen molar-refractivity contribution in [2.45, 2.75) is 58.6 Å². The molecule has 0 spiro atoms. The number of nitrogens with two attached hydrogens (primary N) is 1. The van der Waals surface area contributed by atoms with Gasteiger partial charge in [0.25, 0.3) is 11.5 Å². The number of carbonyl (C=O) groups is 1. The van der Waals surface area contributed by atoms with E-state index in [9.17, 15) is 14.4 Å². The number of unbranched alkanes of at least 4 members (excludes halogenated alkanes) is 2. The molecular formula is C21H27ClN4O4. The number of anilines is 2. The first kappa shape index (κ1) is 22.0. The molecule has 8 nitrogen and oxygen atoms in total. The second-order valence-corrected chi connectivity index (χ2v) is 7.84. The molecule has 1 aliphatic heterocycles. The van der Waals surface area contributed by atoms with Crippen molar-refractivity contribution in [2.75, 3.05) is 17.2 Å². The van der Waals surface area contributed by atoms with E-state index in [0.717, 1.165) is 24.8 Å². The Bertz CT molecular complexity index is 1050. The fourth-order valence-corrected chi connectivity index (χ4v) is 3.75. The minimum Gasteiger partial charge on any atom is -0.480 e. The van der Waals surface area contributed by atoms with Gasteiger partial charge in [-0.1, -0.05) is 38.3 Å². The first-order valence-corrected chi connectivity index (χ1v) is 10.6. The summed E-state index contributed by atoms with van der Waals surface area (Å²) in [5, 5.41) is 0.567. The molecule has 2 heterocycles. The Balaban J connectivity index is 1.98. The number of benzene rings is 1. The minimum atomic E-state index is -0.787. The predicted molar refractivity (Wildman–Crippen MR) is 117 cm³/mol. The van der Waals surface area contributed by atoms with Crippen LogP contribution in [0, 0.1) is 0 Å². The zero-order chi connectivity index (χ0) is 21.8. The van der Waals surface area contributed by atoms with Gasteiger partial charge in [-0.2, -0.15) is 0 Å². The number of halogens is 1. The first-order valence-electron chi connectivity index (χ1n) is 10.3. The van der Waals surface area contributed by atoms with Gasteiger partial charge in [0, 0.05) is 24.5 Å². The van der Waals surface area contributed by atoms with E-state index in [1.54, 1.807) is 18.2 Å². The zero-order valence-corrected chi connectivity index (χ0v) is 18.0. The Morgan fingerprint density at radius 2 is 2.03 bits per heavy atom. The Kier molecular flexibility index (Phi) is 6.87. The highest BCUT2D eigenvalue weighted by Gasteiger charge is 2.35. The molecule has 1 unspecified atom stereocenters. The lowest BCUT2D eigenvalue weighted by molar-refractivity contribution is -0.124. The van der Waals surface area contributed by atoms with Crippen molar-refractivity contribution in [1.82, 2.24) is 9.55 Å². The van der Waals surface area contributed by atoms with Crippen molar-refractivity contribution in [1.29, 1.82) is 0 Å². The highest BCUT2D eigenvalue weighted by molar-refractivity contribution is 6.30. The third-order valence-corrected chi connectivity index (χ3v) is 5.43. The molecule has 0 radical (unpaired) electrons. The molecule has 0 aliphatic carbocycles. The summed E-state index contributed by atoms with van der Waals surface area (Å²) in [5.41, 5.74) is 5.82. The van der Waals surface area contributed by atoms with Gasteiger partial charge in [0.1, 0.15) is 11.6 Å². The van der Waals surface area contributed by atoms with Crippen LogP contribution in [0.5, 0.6) is 5.75 Å². The monoisotopic (exact) mass is 434 g/mol. The largest absolute Gasteiger partial charge is 0.480 e. The summed E-state index contributed by atoms with van der Waals surface area (Å²) >= 11 is 6.05. The maximum absolute atomic E-state index is 13.4. The molecule has 30 heavy (non-hydrogen) atoms. The number of aromatic amines is 1. The third kappa shape index (κ3) is 4.38. The molecule has 162 valence electrons. The number of nitrogen functional groups attached to an aromatic ring is 1. The fraction of sp³-hybridized carbons (Fsp3) is 0.476. The van der Waals surface area contributed by atoms with Gasteiger partial charge in [-0.05, 0) is 36.6 Å². The molecule has 0 fully saturated rings. The number of aromatic nitrogens is 2. The topological polar surface area (TPSA) is 110 Å². The highest BCUT2D eigenvalue weighted by Crippen LogP contribution is 2.32. The van der Waals surface area contributed by atoms with Gasteiger partial charge in [0.2, 0.25) is 0 Å². The number of fused-ring (bicyclic) bond motifs is 1. The molecule has 0 saturated carbocycles. The molecule has 3 N–H and O–H groups in total. The fourth-order valence-electron chi connectivity index (χ4n) is 3.55. The lowest BCUT2D eigenvalue weighted by Gasteiger charge is -2.26. The number of hydrogen-bond acceptors (Lipinski definition) is 5. The standard InChI is InChI=1S/C21H27ClN4O4/c1-3-5-9-25(17-18(23)26(10-6-4-2)21(29)24-19(17)27)20(28)16-12-13-11-14(22)7-8-15(13)30-16/h7-8,11,16H,3-6,9-10,12,23H2,1-2H3,(H,24,27,29). The summed E-state index contributed by atoms with van der Waals surface area (Å²) in [7, 11) is 0. The maximum Gasteiger partial charge on any atom is 0.330 e. The van der Waals surface area contributed by atoms with Crippen molar-refractivity contribution in [2.24, 2.45) is 0 Å². The van der Waals surface area contributed by atoms with Crippen LogP contribution in [0.2, 0.25) is 5.02 Å². The Morgan fingerprint density at radius 1 is 1.30 bits per heavy atom. The van der Waals surface area contributed by atoms with Crippen LogP contribution in [0.4, 0.5) is 11.5 Å².